The van der Waals surface area contributed by atoms with E-state index in [4.69, 9.17) is 4.74 Å². The molecule has 0 N–H and O–H groups in total. The molecule has 1 amide bonds. The van der Waals surface area contributed by atoms with Gasteiger partial charge in [0.15, 0.2) is 0 Å². The molecule has 4 rings (SSSR count). The molecule has 0 spiro atoms. The Bertz CT molecular complexity index is 1210. The van der Waals surface area contributed by atoms with Crippen molar-refractivity contribution in [2.75, 3.05) is 13.7 Å². The van der Waals surface area contributed by atoms with Gasteiger partial charge in [-0.1, -0.05) is 6.07 Å². The Morgan fingerprint density at radius 2 is 1.85 bits per heavy atom. The third kappa shape index (κ3) is 4.53. The quantitative estimate of drug-likeness (QED) is 0.488. The van der Waals surface area contributed by atoms with Crippen molar-refractivity contribution >= 4 is 12.0 Å². The Morgan fingerprint density at radius 3 is 2.48 bits per heavy atom. The summed E-state index contributed by atoms with van der Waals surface area (Å²) in [6, 6.07) is 9.16. The maximum atomic E-state index is 13.8. The van der Waals surface area contributed by atoms with Crippen molar-refractivity contribution in [1.82, 2.24) is 14.5 Å². The normalized spacial score (nSPS) is 15.9. The van der Waals surface area contributed by atoms with Crippen LogP contribution in [-0.2, 0) is 10.3 Å². The maximum absolute atomic E-state index is 13.8. The Kier molecular flexibility index (Phi) is 6.06. The first-order valence-electron chi connectivity index (χ1n) is 10.9. The highest BCUT2D eigenvalue weighted by atomic mass is 19.1. The standard InChI is InChI=1S/C26H27F2N3O2/c1-17-15-30(16-29-17)23-8-7-18(11-24(23)33-4)10-19-6-5-9-31(25(19)32)26(2,3)20-12-21(27)14-22(28)13-20/h7-8,10-16H,5-6,9H2,1-4H3. The van der Waals surface area contributed by atoms with Gasteiger partial charge in [-0.2, -0.15) is 0 Å². The van der Waals surface area contributed by atoms with Gasteiger partial charge in [-0.15, -0.1) is 0 Å². The van der Waals surface area contributed by atoms with Crippen LogP contribution in [0.15, 0.2) is 54.5 Å². The topological polar surface area (TPSA) is 47.4 Å². The molecule has 1 saturated heterocycles. The van der Waals surface area contributed by atoms with E-state index in [2.05, 4.69) is 4.98 Å². The van der Waals surface area contributed by atoms with E-state index in [1.165, 1.54) is 12.1 Å². The molecule has 0 atom stereocenters. The molecule has 0 unspecified atom stereocenters. The molecule has 1 fully saturated rings. The van der Waals surface area contributed by atoms with Crippen LogP contribution in [0.3, 0.4) is 0 Å². The van der Waals surface area contributed by atoms with E-state index in [1.807, 2.05) is 55.8 Å². The van der Waals surface area contributed by atoms with Crippen molar-refractivity contribution in [2.45, 2.75) is 39.2 Å². The molecular weight excluding hydrogens is 424 g/mol. The van der Waals surface area contributed by atoms with Gasteiger partial charge in [0, 0.05) is 24.4 Å². The summed E-state index contributed by atoms with van der Waals surface area (Å²) in [5.41, 5.74) is 2.81. The number of aromatic nitrogens is 2. The molecule has 0 bridgehead atoms. The third-order valence-electron chi connectivity index (χ3n) is 6.13. The molecule has 172 valence electrons. The third-order valence-corrected chi connectivity index (χ3v) is 6.13. The lowest BCUT2D eigenvalue weighted by atomic mass is 9.88. The molecule has 0 aliphatic carbocycles. The van der Waals surface area contributed by atoms with Crippen LogP contribution in [0.4, 0.5) is 8.78 Å². The molecule has 1 aromatic heterocycles. The van der Waals surface area contributed by atoms with Gasteiger partial charge >= 0.3 is 0 Å². The first kappa shape index (κ1) is 22.7. The number of benzene rings is 2. The summed E-state index contributed by atoms with van der Waals surface area (Å²) in [5.74, 6) is -0.779. The van der Waals surface area contributed by atoms with Gasteiger partial charge in [-0.05, 0) is 75.1 Å². The van der Waals surface area contributed by atoms with E-state index in [0.29, 0.717) is 29.9 Å². The van der Waals surface area contributed by atoms with Gasteiger partial charge in [0.05, 0.1) is 30.4 Å². The van der Waals surface area contributed by atoms with Crippen molar-refractivity contribution in [1.29, 1.82) is 0 Å². The lowest BCUT2D eigenvalue weighted by Crippen LogP contribution is -2.48. The summed E-state index contributed by atoms with van der Waals surface area (Å²) in [4.78, 5) is 19.3. The van der Waals surface area contributed by atoms with E-state index in [0.717, 1.165) is 29.4 Å². The molecule has 33 heavy (non-hydrogen) atoms. The molecule has 7 heteroatoms. The number of aryl methyl sites for hydroxylation is 1. The molecule has 3 aromatic rings. The molecule has 1 aliphatic heterocycles. The molecule has 0 saturated carbocycles. The zero-order chi connectivity index (χ0) is 23.8. The fourth-order valence-electron chi connectivity index (χ4n) is 4.29. The number of methoxy groups -OCH3 is 1. The predicted molar refractivity (Wildman–Crippen MR) is 123 cm³/mol. The predicted octanol–water partition coefficient (Wildman–Crippen LogP) is 5.41. The minimum atomic E-state index is -0.861. The number of halogens is 2. The number of amides is 1. The number of hydrogen-bond acceptors (Lipinski definition) is 3. The highest BCUT2D eigenvalue weighted by Gasteiger charge is 2.36. The van der Waals surface area contributed by atoms with E-state index in [-0.39, 0.29) is 5.91 Å². The van der Waals surface area contributed by atoms with Crippen LogP contribution in [0, 0.1) is 18.6 Å². The SMILES string of the molecule is COc1cc(C=C2CCCN(C(C)(C)c3cc(F)cc(F)c3)C2=O)ccc1-n1cnc(C)c1. The summed E-state index contributed by atoms with van der Waals surface area (Å²) in [6.45, 7) is 6.06. The van der Waals surface area contributed by atoms with Crippen molar-refractivity contribution < 1.29 is 18.3 Å². The molecule has 2 aromatic carbocycles. The molecule has 5 nitrogen and oxygen atoms in total. The van der Waals surface area contributed by atoms with Crippen LogP contribution in [0.5, 0.6) is 5.75 Å². The second kappa shape index (κ2) is 8.81. The van der Waals surface area contributed by atoms with Crippen molar-refractivity contribution in [2.24, 2.45) is 0 Å². The summed E-state index contributed by atoms with van der Waals surface area (Å²) in [5, 5.41) is 0. The van der Waals surface area contributed by atoms with Gasteiger partial charge in [0.25, 0.3) is 5.91 Å². The lowest BCUT2D eigenvalue weighted by Gasteiger charge is -2.42. The number of imidazole rings is 1. The largest absolute Gasteiger partial charge is 0.495 e. The number of nitrogens with zero attached hydrogens (tertiary/aromatic N) is 3. The Morgan fingerprint density at radius 1 is 1.12 bits per heavy atom. The summed E-state index contributed by atoms with van der Waals surface area (Å²) < 4.78 is 35.2. The van der Waals surface area contributed by atoms with Gasteiger partial charge in [0.1, 0.15) is 17.4 Å². The monoisotopic (exact) mass is 451 g/mol. The molecule has 2 heterocycles. The number of ether oxygens (including phenoxy) is 1. The second-order valence-corrected chi connectivity index (χ2v) is 8.80. The first-order chi connectivity index (χ1) is 15.7. The van der Waals surface area contributed by atoms with Crippen molar-refractivity contribution in [3.63, 3.8) is 0 Å². The number of hydrogen-bond donors (Lipinski definition) is 0. The van der Waals surface area contributed by atoms with Crippen LogP contribution >= 0.6 is 0 Å². The minimum Gasteiger partial charge on any atom is -0.495 e. The average molecular weight is 452 g/mol. The zero-order valence-electron chi connectivity index (χ0n) is 19.2. The Hall–Kier alpha value is -3.48. The summed E-state index contributed by atoms with van der Waals surface area (Å²) in [6.07, 6.45) is 6.90. The minimum absolute atomic E-state index is 0.135. The first-order valence-corrected chi connectivity index (χ1v) is 10.9. The fraction of sp³-hybridized carbons (Fsp3) is 0.308. The van der Waals surface area contributed by atoms with Crippen molar-refractivity contribution in [3.05, 3.63) is 83.0 Å². The fourth-order valence-corrected chi connectivity index (χ4v) is 4.29. The zero-order valence-corrected chi connectivity index (χ0v) is 19.2. The Balaban J connectivity index is 1.64. The second-order valence-electron chi connectivity index (χ2n) is 8.80. The van der Waals surface area contributed by atoms with Crippen LogP contribution in [0.2, 0.25) is 0 Å². The van der Waals surface area contributed by atoms with E-state index in [1.54, 1.807) is 18.3 Å². The number of carbonyl (C=O) groups is 1. The highest BCUT2D eigenvalue weighted by molar-refractivity contribution is 5.99. The number of carbonyl (C=O) groups excluding carboxylic acids is 1. The highest BCUT2D eigenvalue weighted by Crippen LogP contribution is 2.34. The van der Waals surface area contributed by atoms with Crippen LogP contribution in [0.25, 0.3) is 11.8 Å². The molecular formula is C26H27F2N3O2. The smallest absolute Gasteiger partial charge is 0.250 e. The molecule has 0 radical (unpaired) electrons. The van der Waals surface area contributed by atoms with Gasteiger partial charge < -0.3 is 14.2 Å². The van der Waals surface area contributed by atoms with Gasteiger partial charge in [-0.25, -0.2) is 13.8 Å². The van der Waals surface area contributed by atoms with E-state index >= 15 is 0 Å². The number of rotatable bonds is 5. The van der Waals surface area contributed by atoms with Crippen molar-refractivity contribution in [3.8, 4) is 11.4 Å². The van der Waals surface area contributed by atoms with Gasteiger partial charge in [-0.3, -0.25) is 4.79 Å². The Labute approximate surface area is 192 Å². The number of piperidine rings is 1. The maximum Gasteiger partial charge on any atom is 0.250 e. The molecule has 1 aliphatic rings. The van der Waals surface area contributed by atoms with Crippen LogP contribution in [-0.4, -0.2) is 34.0 Å². The van der Waals surface area contributed by atoms with Crippen LogP contribution < -0.4 is 4.74 Å². The summed E-state index contributed by atoms with van der Waals surface area (Å²) >= 11 is 0. The van der Waals surface area contributed by atoms with E-state index in [9.17, 15) is 13.6 Å². The number of likely N-dealkylation sites (tertiary alicyclic amines) is 1. The lowest BCUT2D eigenvalue weighted by molar-refractivity contribution is -0.134. The van der Waals surface area contributed by atoms with Crippen LogP contribution in [0.1, 0.15) is 43.5 Å². The average Bonchev–Trinajstić information content (AvgIpc) is 3.20. The van der Waals surface area contributed by atoms with E-state index < -0.39 is 17.2 Å². The summed E-state index contributed by atoms with van der Waals surface area (Å²) in [7, 11) is 1.60. The van der Waals surface area contributed by atoms with Gasteiger partial charge in [0.2, 0.25) is 0 Å².